The van der Waals surface area contributed by atoms with Crippen LogP contribution in [-0.2, 0) is 0 Å². The van der Waals surface area contributed by atoms with Crippen molar-refractivity contribution in [1.82, 2.24) is 0 Å². The minimum Gasteiger partial charge on any atom is -0.486 e. The Balaban J connectivity index is 1.84. The van der Waals surface area contributed by atoms with Crippen LogP contribution in [0.15, 0.2) is 40.9 Å². The Kier molecular flexibility index (Phi) is 4.03. The molecule has 108 valence electrons. The summed E-state index contributed by atoms with van der Waals surface area (Å²) >= 11 is 9.47. The van der Waals surface area contributed by atoms with E-state index in [9.17, 15) is 4.79 Å². The molecule has 0 saturated carbocycles. The largest absolute Gasteiger partial charge is 0.486 e. The van der Waals surface area contributed by atoms with Crippen molar-refractivity contribution in [2.75, 3.05) is 18.5 Å². The van der Waals surface area contributed by atoms with Crippen molar-refractivity contribution in [3.05, 3.63) is 51.5 Å². The lowest BCUT2D eigenvalue weighted by Crippen LogP contribution is -2.17. The Hall–Kier alpha value is -1.72. The van der Waals surface area contributed by atoms with Gasteiger partial charge in [0.15, 0.2) is 11.5 Å². The van der Waals surface area contributed by atoms with Gasteiger partial charge < -0.3 is 14.8 Å². The quantitative estimate of drug-likeness (QED) is 0.867. The predicted molar refractivity (Wildman–Crippen MR) is 84.5 cm³/mol. The lowest BCUT2D eigenvalue weighted by Gasteiger charge is -2.20. The number of nitrogens with one attached hydrogen (secondary N) is 1. The minimum absolute atomic E-state index is 0.254. The third-order valence-electron chi connectivity index (χ3n) is 2.96. The van der Waals surface area contributed by atoms with Gasteiger partial charge in [-0.2, -0.15) is 0 Å². The van der Waals surface area contributed by atoms with Gasteiger partial charge in [-0.25, -0.2) is 0 Å². The number of anilines is 1. The molecule has 1 aliphatic heterocycles. The number of fused-ring (bicyclic) bond motifs is 1. The van der Waals surface area contributed by atoms with E-state index >= 15 is 0 Å². The molecule has 0 unspecified atom stereocenters. The van der Waals surface area contributed by atoms with Crippen molar-refractivity contribution < 1.29 is 14.3 Å². The first kappa shape index (κ1) is 14.2. The number of halogens is 2. The summed E-state index contributed by atoms with van der Waals surface area (Å²) in [5, 5.41) is 3.17. The summed E-state index contributed by atoms with van der Waals surface area (Å²) < 4.78 is 11.8. The number of carbonyl (C=O) groups is 1. The van der Waals surface area contributed by atoms with E-state index in [4.69, 9.17) is 21.1 Å². The van der Waals surface area contributed by atoms with E-state index < -0.39 is 0 Å². The number of benzene rings is 2. The first-order valence-corrected chi connectivity index (χ1v) is 7.46. The maximum Gasteiger partial charge on any atom is 0.255 e. The van der Waals surface area contributed by atoms with Gasteiger partial charge in [0.05, 0.1) is 5.02 Å². The summed E-state index contributed by atoms with van der Waals surface area (Å²) in [5.41, 5.74) is 1.13. The standard InChI is InChI=1S/C15H11BrClNO3/c16-10-1-3-11(4-2-10)18-15(19)9-7-12(17)14-13(8-9)20-5-6-21-14/h1-4,7-8H,5-6H2,(H,18,19). The van der Waals surface area contributed by atoms with E-state index in [-0.39, 0.29) is 5.91 Å². The highest BCUT2D eigenvalue weighted by Gasteiger charge is 2.19. The van der Waals surface area contributed by atoms with Gasteiger partial charge in [-0.15, -0.1) is 0 Å². The van der Waals surface area contributed by atoms with Gasteiger partial charge in [-0.3, -0.25) is 4.79 Å². The Morgan fingerprint density at radius 3 is 2.62 bits per heavy atom. The fourth-order valence-corrected chi connectivity index (χ4v) is 2.51. The molecule has 4 nitrogen and oxygen atoms in total. The number of carbonyl (C=O) groups excluding carboxylic acids is 1. The molecule has 0 radical (unpaired) electrons. The van der Waals surface area contributed by atoms with Crippen molar-refractivity contribution in [1.29, 1.82) is 0 Å². The van der Waals surface area contributed by atoms with Crippen LogP contribution in [-0.4, -0.2) is 19.1 Å². The zero-order chi connectivity index (χ0) is 14.8. The van der Waals surface area contributed by atoms with E-state index in [0.29, 0.717) is 41.0 Å². The average molecular weight is 369 g/mol. The van der Waals surface area contributed by atoms with Gasteiger partial charge in [0.2, 0.25) is 0 Å². The van der Waals surface area contributed by atoms with Crippen LogP contribution in [0.25, 0.3) is 0 Å². The van der Waals surface area contributed by atoms with Gasteiger partial charge in [-0.1, -0.05) is 27.5 Å². The first-order valence-electron chi connectivity index (χ1n) is 6.29. The number of rotatable bonds is 2. The molecular weight excluding hydrogens is 358 g/mol. The molecule has 1 heterocycles. The number of hydrogen-bond acceptors (Lipinski definition) is 3. The first-order chi connectivity index (χ1) is 10.1. The fraction of sp³-hybridized carbons (Fsp3) is 0.133. The van der Waals surface area contributed by atoms with Gasteiger partial charge in [0.25, 0.3) is 5.91 Å². The monoisotopic (exact) mass is 367 g/mol. The molecule has 3 rings (SSSR count). The van der Waals surface area contributed by atoms with Crippen LogP contribution >= 0.6 is 27.5 Å². The Bertz CT molecular complexity index is 688. The van der Waals surface area contributed by atoms with Crippen LogP contribution in [0.5, 0.6) is 11.5 Å². The predicted octanol–water partition coefficient (Wildman–Crippen LogP) is 4.13. The smallest absolute Gasteiger partial charge is 0.255 e. The van der Waals surface area contributed by atoms with Crippen LogP contribution in [0.4, 0.5) is 5.69 Å². The highest BCUT2D eigenvalue weighted by molar-refractivity contribution is 9.10. The summed E-state index contributed by atoms with van der Waals surface area (Å²) in [7, 11) is 0. The molecule has 1 amide bonds. The molecule has 0 fully saturated rings. The van der Waals surface area contributed by atoms with Crippen molar-refractivity contribution in [2.45, 2.75) is 0 Å². The molecule has 6 heteroatoms. The molecule has 0 atom stereocenters. The van der Waals surface area contributed by atoms with Crippen LogP contribution in [0, 0.1) is 0 Å². The van der Waals surface area contributed by atoms with Crippen LogP contribution in [0.1, 0.15) is 10.4 Å². The highest BCUT2D eigenvalue weighted by atomic mass is 79.9. The number of hydrogen-bond donors (Lipinski definition) is 1. The topological polar surface area (TPSA) is 47.6 Å². The summed E-state index contributed by atoms with van der Waals surface area (Å²) in [6.45, 7) is 0.901. The van der Waals surface area contributed by atoms with Crippen molar-refractivity contribution in [3.8, 4) is 11.5 Å². The maximum atomic E-state index is 12.3. The van der Waals surface area contributed by atoms with E-state index in [1.807, 2.05) is 24.3 Å². The summed E-state index contributed by atoms with van der Waals surface area (Å²) in [6, 6.07) is 10.5. The van der Waals surface area contributed by atoms with E-state index in [0.717, 1.165) is 4.47 Å². The van der Waals surface area contributed by atoms with Crippen molar-refractivity contribution in [3.63, 3.8) is 0 Å². The second-order valence-corrected chi connectivity index (χ2v) is 5.77. The molecular formula is C15H11BrClNO3. The second kappa shape index (κ2) is 5.95. The van der Waals surface area contributed by atoms with Crippen LogP contribution in [0.3, 0.4) is 0 Å². The average Bonchev–Trinajstić information content (AvgIpc) is 2.49. The second-order valence-electron chi connectivity index (χ2n) is 4.44. The molecule has 1 aliphatic rings. The molecule has 2 aromatic carbocycles. The highest BCUT2D eigenvalue weighted by Crippen LogP contribution is 2.38. The molecule has 0 aromatic heterocycles. The summed E-state index contributed by atoms with van der Waals surface area (Å²) in [6.07, 6.45) is 0. The van der Waals surface area contributed by atoms with E-state index in [1.165, 1.54) is 0 Å². The third kappa shape index (κ3) is 3.14. The SMILES string of the molecule is O=C(Nc1ccc(Br)cc1)c1cc(Cl)c2c(c1)OCCO2. The van der Waals surface area contributed by atoms with E-state index in [1.54, 1.807) is 12.1 Å². The van der Waals surface area contributed by atoms with E-state index in [2.05, 4.69) is 21.2 Å². The molecule has 1 N–H and O–H groups in total. The van der Waals surface area contributed by atoms with Crippen LogP contribution < -0.4 is 14.8 Å². The van der Waals surface area contributed by atoms with Crippen molar-refractivity contribution >= 4 is 39.1 Å². The zero-order valence-corrected chi connectivity index (χ0v) is 13.2. The normalized spacial score (nSPS) is 12.9. The molecule has 0 aliphatic carbocycles. The third-order valence-corrected chi connectivity index (χ3v) is 3.77. The molecule has 0 spiro atoms. The summed E-state index contributed by atoms with van der Waals surface area (Å²) in [4.78, 5) is 12.3. The Labute approximate surface area is 135 Å². The van der Waals surface area contributed by atoms with Gasteiger partial charge in [0, 0.05) is 15.7 Å². The van der Waals surface area contributed by atoms with Gasteiger partial charge in [-0.05, 0) is 36.4 Å². The molecule has 21 heavy (non-hydrogen) atoms. The molecule has 0 saturated heterocycles. The van der Waals surface area contributed by atoms with Crippen molar-refractivity contribution in [2.24, 2.45) is 0 Å². The van der Waals surface area contributed by atoms with Crippen LogP contribution in [0.2, 0.25) is 5.02 Å². The lowest BCUT2D eigenvalue weighted by molar-refractivity contribution is 0.102. The number of amides is 1. The Morgan fingerprint density at radius 1 is 1.14 bits per heavy atom. The fourth-order valence-electron chi connectivity index (χ4n) is 1.98. The number of ether oxygens (including phenoxy) is 2. The van der Waals surface area contributed by atoms with Gasteiger partial charge in [0.1, 0.15) is 13.2 Å². The molecule has 0 bridgehead atoms. The lowest BCUT2D eigenvalue weighted by atomic mass is 10.1. The summed E-state index contributed by atoms with van der Waals surface area (Å²) in [5.74, 6) is 0.731. The minimum atomic E-state index is -0.254. The molecule has 2 aromatic rings. The van der Waals surface area contributed by atoms with Gasteiger partial charge >= 0.3 is 0 Å². The Morgan fingerprint density at radius 2 is 1.86 bits per heavy atom. The zero-order valence-electron chi connectivity index (χ0n) is 10.9. The maximum absolute atomic E-state index is 12.3.